The molecule has 0 radical (unpaired) electrons. The largest absolute Gasteiger partial charge is 0.478 e. The Morgan fingerprint density at radius 2 is 1.87 bits per heavy atom. The number of hydrogen-bond donors (Lipinski definition) is 2. The summed E-state index contributed by atoms with van der Waals surface area (Å²) < 4.78 is 0. The van der Waals surface area contributed by atoms with Gasteiger partial charge in [-0.1, -0.05) is 23.7 Å². The van der Waals surface area contributed by atoms with Gasteiger partial charge in [0.1, 0.15) is 0 Å². The Hall–Kier alpha value is -2.57. The maximum Gasteiger partial charge on any atom is 0.335 e. The van der Waals surface area contributed by atoms with Gasteiger partial charge in [-0.25, -0.2) is 9.59 Å². The Labute approximate surface area is 187 Å². The Morgan fingerprint density at radius 1 is 1.19 bits per heavy atom. The number of carbonyl (C=O) groups excluding carboxylic acids is 1. The molecule has 4 rings (SSSR count). The lowest BCUT2D eigenvalue weighted by Crippen LogP contribution is -2.46. The van der Waals surface area contributed by atoms with Crippen LogP contribution in [0.3, 0.4) is 0 Å². The van der Waals surface area contributed by atoms with E-state index in [9.17, 15) is 9.59 Å². The minimum absolute atomic E-state index is 0.0106. The van der Waals surface area contributed by atoms with E-state index in [4.69, 9.17) is 22.4 Å². The number of carbonyl (C=O) groups is 2. The number of carboxylic acids is 1. The molecule has 1 aliphatic carbocycles. The summed E-state index contributed by atoms with van der Waals surface area (Å²) in [5.41, 5.74) is 8.26. The highest BCUT2D eigenvalue weighted by Gasteiger charge is 2.43. The van der Waals surface area contributed by atoms with Gasteiger partial charge < -0.3 is 15.7 Å². The number of halogens is 1. The highest BCUT2D eigenvalue weighted by Crippen LogP contribution is 2.42. The van der Waals surface area contributed by atoms with Crippen LogP contribution in [0.4, 0.5) is 10.5 Å². The maximum atomic E-state index is 13.3. The van der Waals surface area contributed by atoms with Crippen LogP contribution in [-0.4, -0.2) is 47.2 Å². The first-order valence-electron chi connectivity index (χ1n) is 10.7. The maximum absolute atomic E-state index is 13.3. The fraction of sp³-hybridized carbons (Fsp3) is 0.417. The van der Waals surface area contributed by atoms with E-state index in [0.29, 0.717) is 13.1 Å². The van der Waals surface area contributed by atoms with Crippen molar-refractivity contribution >= 4 is 29.3 Å². The normalized spacial score (nSPS) is 26.4. The molecule has 2 aromatic rings. The number of urea groups is 1. The third-order valence-corrected chi connectivity index (χ3v) is 7.16. The number of carboxylic acid groups (broad SMARTS) is 1. The number of rotatable bonds is 5. The summed E-state index contributed by atoms with van der Waals surface area (Å²) in [6.07, 6.45) is 3.63. The van der Waals surface area contributed by atoms with Crippen LogP contribution in [0.1, 0.15) is 48.5 Å². The van der Waals surface area contributed by atoms with E-state index in [2.05, 4.69) is 6.07 Å². The molecule has 1 saturated carbocycles. The van der Waals surface area contributed by atoms with Crippen molar-refractivity contribution in [3.05, 3.63) is 64.7 Å². The van der Waals surface area contributed by atoms with Crippen LogP contribution in [0.2, 0.25) is 5.02 Å². The lowest BCUT2D eigenvalue weighted by molar-refractivity contribution is 0.0697. The van der Waals surface area contributed by atoms with Crippen molar-refractivity contribution < 1.29 is 14.7 Å². The Kier molecular flexibility index (Phi) is 5.95. The fourth-order valence-corrected chi connectivity index (χ4v) is 5.29. The summed E-state index contributed by atoms with van der Waals surface area (Å²) in [5, 5.41) is 9.84. The zero-order chi connectivity index (χ0) is 22.2. The summed E-state index contributed by atoms with van der Waals surface area (Å²) in [7, 11) is 0. The lowest BCUT2D eigenvalue weighted by atomic mass is 9.68. The third-order valence-electron chi connectivity index (χ3n) is 6.93. The number of nitrogens with two attached hydrogens (primary N) is 1. The number of aromatic carboxylic acids is 1. The predicted molar refractivity (Wildman–Crippen MR) is 122 cm³/mol. The van der Waals surface area contributed by atoms with Crippen molar-refractivity contribution in [2.75, 3.05) is 18.0 Å². The zero-order valence-electron chi connectivity index (χ0n) is 17.6. The van der Waals surface area contributed by atoms with Gasteiger partial charge in [0.05, 0.1) is 11.6 Å². The van der Waals surface area contributed by atoms with Crippen LogP contribution >= 0.6 is 11.6 Å². The van der Waals surface area contributed by atoms with E-state index in [0.717, 1.165) is 36.4 Å². The molecule has 164 valence electrons. The number of amides is 2. The quantitative estimate of drug-likeness (QED) is 0.714. The van der Waals surface area contributed by atoms with E-state index in [1.54, 1.807) is 29.2 Å². The highest BCUT2D eigenvalue weighted by atomic mass is 35.5. The third kappa shape index (κ3) is 4.02. The number of benzene rings is 2. The lowest BCUT2D eigenvalue weighted by Gasteiger charge is -2.42. The summed E-state index contributed by atoms with van der Waals surface area (Å²) in [4.78, 5) is 28.1. The Balaban J connectivity index is 1.47. The second kappa shape index (κ2) is 8.52. The van der Waals surface area contributed by atoms with Crippen molar-refractivity contribution in [2.24, 2.45) is 5.73 Å². The summed E-state index contributed by atoms with van der Waals surface area (Å²) >= 11 is 6.22. The minimum Gasteiger partial charge on any atom is -0.478 e. The summed E-state index contributed by atoms with van der Waals surface area (Å²) in [6, 6.07) is 14.7. The topological polar surface area (TPSA) is 86.9 Å². The number of anilines is 1. The average molecular weight is 442 g/mol. The molecule has 0 spiro atoms. The molecule has 7 heteroatoms. The molecule has 3 N–H and O–H groups in total. The summed E-state index contributed by atoms with van der Waals surface area (Å²) in [5.74, 6) is -0.973. The van der Waals surface area contributed by atoms with Gasteiger partial charge in [0.15, 0.2) is 0 Å². The standard InChI is InChI=1S/C24H28ClN3O3/c1-16-14-27(23(31)28(16)21-7-5-17(6-8-21)22(29)30)20-9-11-24(15-26,12-10-20)18-3-2-4-19(25)13-18/h2-8,13,16,20H,9-12,14-15,26H2,1H3,(H,29,30)/t16-,20?,24?/m0/s1. The van der Waals surface area contributed by atoms with Crippen molar-refractivity contribution in [3.8, 4) is 0 Å². The fourth-order valence-electron chi connectivity index (χ4n) is 5.10. The van der Waals surface area contributed by atoms with Gasteiger partial charge in [0.2, 0.25) is 0 Å². The minimum atomic E-state index is -0.973. The molecular weight excluding hydrogens is 414 g/mol. The van der Waals surface area contributed by atoms with Crippen LogP contribution < -0.4 is 10.6 Å². The Morgan fingerprint density at radius 3 is 2.45 bits per heavy atom. The van der Waals surface area contributed by atoms with Crippen LogP contribution in [-0.2, 0) is 5.41 Å². The van der Waals surface area contributed by atoms with Gasteiger partial charge in [-0.3, -0.25) is 4.90 Å². The van der Waals surface area contributed by atoms with Crippen molar-refractivity contribution in [3.63, 3.8) is 0 Å². The molecule has 0 aromatic heterocycles. The van der Waals surface area contributed by atoms with Crippen LogP contribution in [0.25, 0.3) is 0 Å². The van der Waals surface area contributed by atoms with Crippen LogP contribution in [0, 0.1) is 0 Å². The average Bonchev–Trinajstić information content (AvgIpc) is 3.07. The molecule has 2 aliphatic rings. The zero-order valence-corrected chi connectivity index (χ0v) is 18.4. The molecule has 2 fully saturated rings. The first-order valence-corrected chi connectivity index (χ1v) is 11.1. The van der Waals surface area contributed by atoms with Crippen LogP contribution in [0.15, 0.2) is 48.5 Å². The van der Waals surface area contributed by atoms with Crippen molar-refractivity contribution in [1.82, 2.24) is 4.90 Å². The Bertz CT molecular complexity index is 970. The molecule has 31 heavy (non-hydrogen) atoms. The van der Waals surface area contributed by atoms with E-state index in [1.807, 2.05) is 30.0 Å². The van der Waals surface area contributed by atoms with E-state index in [1.165, 1.54) is 5.56 Å². The van der Waals surface area contributed by atoms with E-state index >= 15 is 0 Å². The molecular formula is C24H28ClN3O3. The highest BCUT2D eigenvalue weighted by molar-refractivity contribution is 6.30. The van der Waals surface area contributed by atoms with Gasteiger partial charge in [0, 0.05) is 35.3 Å². The van der Waals surface area contributed by atoms with Gasteiger partial charge in [0.25, 0.3) is 0 Å². The monoisotopic (exact) mass is 441 g/mol. The molecule has 0 bridgehead atoms. The first-order chi connectivity index (χ1) is 14.8. The first kappa shape index (κ1) is 21.7. The smallest absolute Gasteiger partial charge is 0.335 e. The van der Waals surface area contributed by atoms with Crippen molar-refractivity contribution in [2.45, 2.75) is 50.1 Å². The molecule has 6 nitrogen and oxygen atoms in total. The van der Waals surface area contributed by atoms with Gasteiger partial charge in [-0.2, -0.15) is 0 Å². The van der Waals surface area contributed by atoms with Gasteiger partial charge in [-0.05, 0) is 74.6 Å². The summed E-state index contributed by atoms with van der Waals surface area (Å²) in [6.45, 7) is 3.26. The van der Waals surface area contributed by atoms with E-state index in [-0.39, 0.29) is 29.1 Å². The molecule has 2 amide bonds. The SMILES string of the molecule is C[C@H]1CN(C2CCC(CN)(c3cccc(Cl)c3)CC2)C(=O)N1c1ccc(C(=O)O)cc1. The molecule has 2 aromatic carbocycles. The molecule has 1 atom stereocenters. The van der Waals surface area contributed by atoms with E-state index < -0.39 is 5.97 Å². The van der Waals surface area contributed by atoms with Gasteiger partial charge in [-0.15, -0.1) is 0 Å². The number of nitrogens with zero attached hydrogens (tertiary/aromatic N) is 2. The molecule has 1 heterocycles. The molecule has 0 unspecified atom stereocenters. The number of hydrogen-bond acceptors (Lipinski definition) is 3. The predicted octanol–water partition coefficient (Wildman–Crippen LogP) is 4.51. The van der Waals surface area contributed by atoms with Crippen LogP contribution in [0.5, 0.6) is 0 Å². The van der Waals surface area contributed by atoms with Gasteiger partial charge >= 0.3 is 12.0 Å². The second-order valence-corrected chi connectivity index (χ2v) is 9.17. The molecule has 1 saturated heterocycles. The molecule has 1 aliphatic heterocycles. The second-order valence-electron chi connectivity index (χ2n) is 8.73. The van der Waals surface area contributed by atoms with Crippen molar-refractivity contribution in [1.29, 1.82) is 0 Å².